The maximum atomic E-state index is 12.0. The SMILES string of the molecule is Cc1ncc(C(=O)Nc2c(N)ccc(C)c2C)s1. The average molecular weight is 261 g/mol. The molecule has 0 saturated heterocycles. The minimum absolute atomic E-state index is 0.166. The van der Waals surface area contributed by atoms with E-state index in [9.17, 15) is 4.79 Å². The Labute approximate surface area is 110 Å². The lowest BCUT2D eigenvalue weighted by molar-refractivity contribution is 0.103. The molecule has 0 radical (unpaired) electrons. The number of aromatic nitrogens is 1. The Balaban J connectivity index is 2.30. The first-order valence-electron chi connectivity index (χ1n) is 5.58. The van der Waals surface area contributed by atoms with E-state index in [1.54, 1.807) is 12.3 Å². The van der Waals surface area contributed by atoms with Crippen LogP contribution in [0.15, 0.2) is 18.3 Å². The normalized spacial score (nSPS) is 10.4. The molecule has 4 nitrogen and oxygen atoms in total. The zero-order chi connectivity index (χ0) is 13.3. The number of hydrogen-bond acceptors (Lipinski definition) is 4. The molecule has 2 rings (SSSR count). The van der Waals surface area contributed by atoms with Crippen molar-refractivity contribution in [2.45, 2.75) is 20.8 Å². The van der Waals surface area contributed by atoms with Crippen LogP contribution in [-0.4, -0.2) is 10.9 Å². The van der Waals surface area contributed by atoms with Crippen LogP contribution in [0.5, 0.6) is 0 Å². The summed E-state index contributed by atoms with van der Waals surface area (Å²) < 4.78 is 0. The van der Waals surface area contributed by atoms with Crippen molar-refractivity contribution in [3.8, 4) is 0 Å². The Morgan fingerprint density at radius 3 is 2.67 bits per heavy atom. The number of nitrogens with two attached hydrogens (primary N) is 1. The van der Waals surface area contributed by atoms with E-state index in [0.29, 0.717) is 16.3 Å². The van der Waals surface area contributed by atoms with Gasteiger partial charge in [0, 0.05) is 0 Å². The lowest BCUT2D eigenvalue weighted by atomic mass is 10.1. The monoisotopic (exact) mass is 261 g/mol. The molecule has 0 spiro atoms. The van der Waals surface area contributed by atoms with Crippen molar-refractivity contribution in [2.75, 3.05) is 11.1 Å². The van der Waals surface area contributed by atoms with Crippen molar-refractivity contribution < 1.29 is 4.79 Å². The van der Waals surface area contributed by atoms with Gasteiger partial charge in [-0.25, -0.2) is 4.98 Å². The van der Waals surface area contributed by atoms with E-state index in [1.807, 2.05) is 26.8 Å². The standard InChI is InChI=1S/C13H15N3OS/c1-7-4-5-10(14)12(8(7)2)16-13(17)11-6-15-9(3)18-11/h4-6H,14H2,1-3H3,(H,16,17). The van der Waals surface area contributed by atoms with Crippen LogP contribution in [0, 0.1) is 20.8 Å². The van der Waals surface area contributed by atoms with Crippen LogP contribution >= 0.6 is 11.3 Å². The summed E-state index contributed by atoms with van der Waals surface area (Å²) in [6.45, 7) is 5.80. The summed E-state index contributed by atoms with van der Waals surface area (Å²) in [6, 6.07) is 3.74. The molecular weight excluding hydrogens is 246 g/mol. The number of rotatable bonds is 2. The third kappa shape index (κ3) is 2.36. The fourth-order valence-electron chi connectivity index (χ4n) is 1.64. The molecule has 1 heterocycles. The number of benzene rings is 1. The molecule has 94 valence electrons. The number of carbonyl (C=O) groups is 1. The van der Waals surface area contributed by atoms with E-state index in [-0.39, 0.29) is 5.91 Å². The Morgan fingerprint density at radius 1 is 1.33 bits per heavy atom. The second kappa shape index (κ2) is 4.78. The third-order valence-electron chi connectivity index (χ3n) is 2.85. The molecule has 1 aromatic carbocycles. The number of nitrogen functional groups attached to an aromatic ring is 1. The lowest BCUT2D eigenvalue weighted by Gasteiger charge is -2.12. The molecule has 18 heavy (non-hydrogen) atoms. The minimum Gasteiger partial charge on any atom is -0.397 e. The summed E-state index contributed by atoms with van der Waals surface area (Å²) in [6.07, 6.45) is 1.58. The summed E-state index contributed by atoms with van der Waals surface area (Å²) in [7, 11) is 0. The highest BCUT2D eigenvalue weighted by Crippen LogP contribution is 2.26. The summed E-state index contributed by atoms with van der Waals surface area (Å²) in [5.74, 6) is -0.166. The Bertz CT molecular complexity index is 604. The van der Waals surface area contributed by atoms with Gasteiger partial charge in [-0.05, 0) is 38.0 Å². The predicted octanol–water partition coefficient (Wildman–Crippen LogP) is 2.90. The van der Waals surface area contributed by atoms with Gasteiger partial charge in [-0.3, -0.25) is 4.79 Å². The molecule has 0 aliphatic carbocycles. The van der Waals surface area contributed by atoms with Gasteiger partial charge in [-0.15, -0.1) is 11.3 Å². The van der Waals surface area contributed by atoms with Crippen LogP contribution < -0.4 is 11.1 Å². The minimum atomic E-state index is -0.166. The largest absolute Gasteiger partial charge is 0.397 e. The maximum Gasteiger partial charge on any atom is 0.267 e. The first kappa shape index (κ1) is 12.6. The van der Waals surface area contributed by atoms with Gasteiger partial charge in [0.05, 0.1) is 22.6 Å². The van der Waals surface area contributed by atoms with E-state index >= 15 is 0 Å². The molecule has 1 aromatic heterocycles. The van der Waals surface area contributed by atoms with Gasteiger partial charge in [0.1, 0.15) is 4.88 Å². The van der Waals surface area contributed by atoms with E-state index in [1.165, 1.54) is 11.3 Å². The first-order valence-corrected chi connectivity index (χ1v) is 6.40. The summed E-state index contributed by atoms with van der Waals surface area (Å²) in [5, 5.41) is 3.72. The van der Waals surface area contributed by atoms with Gasteiger partial charge in [0.15, 0.2) is 0 Å². The van der Waals surface area contributed by atoms with E-state index < -0.39 is 0 Å². The highest BCUT2D eigenvalue weighted by molar-refractivity contribution is 7.13. The quantitative estimate of drug-likeness (QED) is 0.817. The molecule has 0 aliphatic rings. The number of thiazole rings is 1. The molecule has 0 unspecified atom stereocenters. The number of aryl methyl sites for hydroxylation is 2. The van der Waals surface area contributed by atoms with Crippen LogP contribution in [0.3, 0.4) is 0 Å². The van der Waals surface area contributed by atoms with Gasteiger partial charge >= 0.3 is 0 Å². The fraction of sp³-hybridized carbons (Fsp3) is 0.231. The van der Waals surface area contributed by atoms with E-state index in [4.69, 9.17) is 5.73 Å². The molecule has 0 saturated carbocycles. The summed E-state index contributed by atoms with van der Waals surface area (Å²) >= 11 is 1.37. The van der Waals surface area contributed by atoms with Crippen molar-refractivity contribution in [3.63, 3.8) is 0 Å². The smallest absolute Gasteiger partial charge is 0.267 e. The zero-order valence-corrected chi connectivity index (χ0v) is 11.4. The van der Waals surface area contributed by atoms with E-state index in [0.717, 1.165) is 16.1 Å². The van der Waals surface area contributed by atoms with Crippen molar-refractivity contribution >= 4 is 28.6 Å². The van der Waals surface area contributed by atoms with Crippen LogP contribution in [0.25, 0.3) is 0 Å². The number of hydrogen-bond donors (Lipinski definition) is 2. The molecule has 0 bridgehead atoms. The van der Waals surface area contributed by atoms with Crippen molar-refractivity contribution in [1.82, 2.24) is 4.98 Å². The Kier molecular flexibility index (Phi) is 3.34. The molecule has 0 atom stereocenters. The molecule has 0 fully saturated rings. The van der Waals surface area contributed by atoms with Gasteiger partial charge in [0.2, 0.25) is 0 Å². The molecule has 2 aromatic rings. The zero-order valence-electron chi connectivity index (χ0n) is 10.6. The lowest BCUT2D eigenvalue weighted by Crippen LogP contribution is -2.13. The number of amides is 1. The van der Waals surface area contributed by atoms with Crippen molar-refractivity contribution in [3.05, 3.63) is 39.3 Å². The molecular formula is C13H15N3OS. The molecule has 0 aliphatic heterocycles. The Hall–Kier alpha value is -1.88. The molecule has 1 amide bonds. The van der Waals surface area contributed by atoms with Crippen LogP contribution in [-0.2, 0) is 0 Å². The van der Waals surface area contributed by atoms with Crippen LogP contribution in [0.2, 0.25) is 0 Å². The van der Waals surface area contributed by atoms with Crippen LogP contribution in [0.1, 0.15) is 25.8 Å². The van der Waals surface area contributed by atoms with Gasteiger partial charge in [-0.2, -0.15) is 0 Å². The van der Waals surface area contributed by atoms with E-state index in [2.05, 4.69) is 10.3 Å². The summed E-state index contributed by atoms with van der Waals surface area (Å²) in [4.78, 5) is 16.7. The predicted molar refractivity (Wildman–Crippen MR) is 75.1 cm³/mol. The second-order valence-electron chi connectivity index (χ2n) is 4.17. The maximum absolute atomic E-state index is 12.0. The summed E-state index contributed by atoms with van der Waals surface area (Å²) in [5.41, 5.74) is 9.25. The highest BCUT2D eigenvalue weighted by Gasteiger charge is 2.13. The number of anilines is 2. The number of nitrogens with one attached hydrogen (secondary N) is 1. The fourth-order valence-corrected chi connectivity index (χ4v) is 2.32. The number of nitrogens with zero attached hydrogens (tertiary/aromatic N) is 1. The van der Waals surface area contributed by atoms with Crippen LogP contribution in [0.4, 0.5) is 11.4 Å². The second-order valence-corrected chi connectivity index (χ2v) is 5.40. The first-order chi connectivity index (χ1) is 8.49. The van der Waals surface area contributed by atoms with Crippen molar-refractivity contribution in [2.24, 2.45) is 0 Å². The topological polar surface area (TPSA) is 68.0 Å². The van der Waals surface area contributed by atoms with Gasteiger partial charge in [0.25, 0.3) is 5.91 Å². The average Bonchev–Trinajstić information content (AvgIpc) is 2.76. The van der Waals surface area contributed by atoms with Crippen molar-refractivity contribution in [1.29, 1.82) is 0 Å². The highest BCUT2D eigenvalue weighted by atomic mass is 32.1. The molecule has 5 heteroatoms. The molecule has 3 N–H and O–H groups in total. The number of carbonyl (C=O) groups excluding carboxylic acids is 1. The third-order valence-corrected chi connectivity index (χ3v) is 3.76. The van der Waals surface area contributed by atoms with Gasteiger partial charge in [-0.1, -0.05) is 6.07 Å². The Morgan fingerprint density at radius 2 is 2.06 bits per heavy atom. The van der Waals surface area contributed by atoms with Gasteiger partial charge < -0.3 is 11.1 Å².